The molecule has 0 bridgehead atoms. The van der Waals surface area contributed by atoms with Gasteiger partial charge in [-0.3, -0.25) is 4.99 Å². The van der Waals surface area contributed by atoms with Crippen LogP contribution in [0.3, 0.4) is 0 Å². The minimum atomic E-state index is -3.07. The molecule has 0 heterocycles. The lowest BCUT2D eigenvalue weighted by molar-refractivity contribution is 0.581. The zero-order valence-corrected chi connectivity index (χ0v) is 10.6. The zero-order chi connectivity index (χ0) is 12.0. The number of nitrogens with two attached hydrogens (primary N) is 1. The van der Waals surface area contributed by atoms with Gasteiger partial charge < -0.3 is 5.43 Å². The van der Waals surface area contributed by atoms with Gasteiger partial charge in [0.1, 0.15) is 11.6 Å². The summed E-state index contributed by atoms with van der Waals surface area (Å²) >= 11 is 0. The molecule has 0 atom stereocenters. The van der Waals surface area contributed by atoms with Crippen LogP contribution in [0.25, 0.3) is 0 Å². The smallest absolute Gasteiger partial charge is 0.154 e. The van der Waals surface area contributed by atoms with E-state index in [2.05, 4.69) is 10.4 Å². The highest BCUT2D eigenvalue weighted by atomic mass is 32.2. The van der Waals surface area contributed by atoms with Crippen LogP contribution in [0.5, 0.6) is 0 Å². The van der Waals surface area contributed by atoms with E-state index in [0.29, 0.717) is 5.84 Å². The molecule has 0 aromatic heterocycles. The highest BCUT2D eigenvalue weighted by Gasteiger charge is 2.14. The second-order valence-corrected chi connectivity index (χ2v) is 6.58. The second-order valence-electron chi connectivity index (χ2n) is 4.44. The number of amidine groups is 1. The molecule has 1 aliphatic rings. The summed E-state index contributed by atoms with van der Waals surface area (Å²) < 4.78 is 22.3. The van der Waals surface area contributed by atoms with E-state index < -0.39 is 9.84 Å². The molecule has 0 aromatic carbocycles. The average molecular weight is 247 g/mol. The Hall–Kier alpha value is -0.620. The largest absolute Gasteiger partial charge is 0.311 e. The highest BCUT2D eigenvalue weighted by molar-refractivity contribution is 7.91. The van der Waals surface area contributed by atoms with Crippen molar-refractivity contribution in [2.45, 2.75) is 44.6 Å². The number of hydrogen-bond acceptors (Lipinski definition) is 4. The Morgan fingerprint density at radius 3 is 2.31 bits per heavy atom. The quantitative estimate of drug-likeness (QED) is 0.252. The number of rotatable bonds is 3. The van der Waals surface area contributed by atoms with Gasteiger partial charge in [-0.05, 0) is 12.8 Å². The molecule has 1 saturated carbocycles. The van der Waals surface area contributed by atoms with Crippen molar-refractivity contribution in [3.05, 3.63) is 0 Å². The van der Waals surface area contributed by atoms with E-state index in [4.69, 9.17) is 5.84 Å². The van der Waals surface area contributed by atoms with E-state index in [0.717, 1.165) is 12.8 Å². The first-order valence-corrected chi connectivity index (χ1v) is 7.78. The van der Waals surface area contributed by atoms with Crippen molar-refractivity contribution >= 4 is 15.7 Å². The Labute approximate surface area is 97.4 Å². The standard InChI is InChI=1S/C10H21N3O2S/c1-16(14,15)8-10(13-11)12-9-6-4-2-3-5-7-9/h9H,2-8,11H2,1H3,(H,12,13). The van der Waals surface area contributed by atoms with Crippen LogP contribution in [0, 0.1) is 0 Å². The summed E-state index contributed by atoms with van der Waals surface area (Å²) in [6, 6.07) is 0.232. The van der Waals surface area contributed by atoms with Crippen molar-refractivity contribution in [1.82, 2.24) is 5.43 Å². The monoisotopic (exact) mass is 247 g/mol. The number of hydrogen-bond donors (Lipinski definition) is 2. The molecular weight excluding hydrogens is 226 g/mol. The summed E-state index contributed by atoms with van der Waals surface area (Å²) in [5, 5.41) is 0. The normalized spacial score (nSPS) is 20.5. The van der Waals surface area contributed by atoms with Gasteiger partial charge in [-0.25, -0.2) is 14.3 Å². The van der Waals surface area contributed by atoms with Crippen LogP contribution in [0.2, 0.25) is 0 Å². The van der Waals surface area contributed by atoms with E-state index in [-0.39, 0.29) is 11.8 Å². The zero-order valence-electron chi connectivity index (χ0n) is 9.78. The van der Waals surface area contributed by atoms with Gasteiger partial charge in [0.25, 0.3) is 0 Å². The van der Waals surface area contributed by atoms with Gasteiger partial charge in [-0.15, -0.1) is 0 Å². The van der Waals surface area contributed by atoms with Gasteiger partial charge in [-0.2, -0.15) is 0 Å². The summed E-state index contributed by atoms with van der Waals surface area (Å²) in [7, 11) is -3.07. The SMILES string of the molecule is CS(=O)(=O)CC(=NC1CCCCCC1)NN. The third-order valence-electron chi connectivity index (χ3n) is 2.73. The summed E-state index contributed by atoms with van der Waals surface area (Å²) in [5.74, 6) is 5.58. The lowest BCUT2D eigenvalue weighted by atomic mass is 10.1. The molecule has 1 fully saturated rings. The summed E-state index contributed by atoms with van der Waals surface area (Å²) in [5.41, 5.74) is 2.40. The minimum absolute atomic E-state index is 0.0972. The third kappa shape index (κ3) is 5.46. The maximum absolute atomic E-state index is 11.1. The summed E-state index contributed by atoms with van der Waals surface area (Å²) in [4.78, 5) is 4.40. The molecule has 0 spiro atoms. The Morgan fingerprint density at radius 2 is 1.88 bits per heavy atom. The first-order valence-electron chi connectivity index (χ1n) is 5.72. The van der Waals surface area contributed by atoms with Gasteiger partial charge in [0, 0.05) is 6.26 Å². The number of sulfone groups is 1. The van der Waals surface area contributed by atoms with E-state index in [9.17, 15) is 8.42 Å². The molecule has 0 unspecified atom stereocenters. The highest BCUT2D eigenvalue weighted by Crippen LogP contribution is 2.19. The van der Waals surface area contributed by atoms with E-state index in [1.807, 2.05) is 0 Å². The van der Waals surface area contributed by atoms with Crippen molar-refractivity contribution in [2.75, 3.05) is 12.0 Å². The molecule has 94 valence electrons. The topological polar surface area (TPSA) is 84.5 Å². The maximum Gasteiger partial charge on any atom is 0.154 e. The van der Waals surface area contributed by atoms with E-state index in [1.165, 1.54) is 31.9 Å². The lowest BCUT2D eigenvalue weighted by Crippen LogP contribution is -2.36. The molecule has 0 amide bonds. The molecule has 1 rings (SSSR count). The van der Waals surface area contributed by atoms with Crippen LogP contribution in [0.4, 0.5) is 0 Å². The van der Waals surface area contributed by atoms with Crippen LogP contribution in [-0.4, -0.2) is 32.3 Å². The maximum atomic E-state index is 11.1. The van der Waals surface area contributed by atoms with Crippen molar-refractivity contribution in [3.8, 4) is 0 Å². The Morgan fingerprint density at radius 1 is 1.31 bits per heavy atom. The fraction of sp³-hybridized carbons (Fsp3) is 0.900. The van der Waals surface area contributed by atoms with E-state index in [1.54, 1.807) is 0 Å². The van der Waals surface area contributed by atoms with E-state index >= 15 is 0 Å². The third-order valence-corrected chi connectivity index (χ3v) is 3.53. The fourth-order valence-corrected chi connectivity index (χ4v) is 2.63. The van der Waals surface area contributed by atoms with Crippen molar-refractivity contribution in [2.24, 2.45) is 10.8 Å². The molecule has 6 heteroatoms. The molecule has 0 aliphatic heterocycles. The minimum Gasteiger partial charge on any atom is -0.311 e. The van der Waals surface area contributed by atoms with Gasteiger partial charge in [-0.1, -0.05) is 25.7 Å². The average Bonchev–Trinajstić information content (AvgIpc) is 2.43. The molecule has 3 N–H and O–H groups in total. The molecule has 0 aromatic rings. The van der Waals surface area contributed by atoms with Gasteiger partial charge in [0.15, 0.2) is 9.84 Å². The molecule has 1 aliphatic carbocycles. The predicted octanol–water partition coefficient (Wildman–Crippen LogP) is 0.616. The van der Waals surface area contributed by atoms with Crippen molar-refractivity contribution in [3.63, 3.8) is 0 Å². The Bertz CT molecular complexity index is 330. The Kier molecular flexibility index (Phi) is 5.21. The van der Waals surface area contributed by atoms with Crippen LogP contribution in [0.15, 0.2) is 4.99 Å². The fourth-order valence-electron chi connectivity index (χ4n) is 1.97. The Balaban J connectivity index is 2.62. The number of nitrogens with zero attached hydrogens (tertiary/aromatic N) is 1. The summed E-state index contributed by atoms with van der Waals surface area (Å²) in [6.07, 6.45) is 8.11. The molecule has 5 nitrogen and oxygen atoms in total. The van der Waals surface area contributed by atoms with Crippen LogP contribution in [-0.2, 0) is 9.84 Å². The summed E-state index contributed by atoms with van der Waals surface area (Å²) in [6.45, 7) is 0. The molecule has 0 saturated heterocycles. The van der Waals surface area contributed by atoms with Crippen LogP contribution < -0.4 is 11.3 Å². The first kappa shape index (κ1) is 13.4. The molecule has 16 heavy (non-hydrogen) atoms. The second kappa shape index (κ2) is 6.20. The predicted molar refractivity (Wildman–Crippen MR) is 66.0 cm³/mol. The molecular formula is C10H21N3O2S. The van der Waals surface area contributed by atoms with Gasteiger partial charge in [0.05, 0.1) is 6.04 Å². The number of aliphatic imine (C=N–C) groups is 1. The molecule has 0 radical (unpaired) electrons. The van der Waals surface area contributed by atoms with Crippen molar-refractivity contribution in [1.29, 1.82) is 0 Å². The number of hydrazine groups is 1. The van der Waals surface area contributed by atoms with Crippen LogP contribution in [0.1, 0.15) is 38.5 Å². The van der Waals surface area contributed by atoms with Crippen LogP contribution >= 0.6 is 0 Å². The van der Waals surface area contributed by atoms with Gasteiger partial charge >= 0.3 is 0 Å². The first-order chi connectivity index (χ1) is 7.51. The van der Waals surface area contributed by atoms with Gasteiger partial charge in [0.2, 0.25) is 0 Å². The number of nitrogens with one attached hydrogen (secondary N) is 1. The lowest BCUT2D eigenvalue weighted by Gasteiger charge is -2.11. The van der Waals surface area contributed by atoms with Crippen molar-refractivity contribution < 1.29 is 8.42 Å².